The third-order valence-corrected chi connectivity index (χ3v) is 7.51. The van der Waals surface area contributed by atoms with Crippen LogP contribution in [0.2, 0.25) is 15.1 Å². The first-order chi connectivity index (χ1) is 15.3. The van der Waals surface area contributed by atoms with E-state index in [0.717, 1.165) is 5.56 Å². The standard InChI is InChI=1S/C24H25Cl3N2O3/c1-14(32-23-9-5-17(25)11-28-23)19-12-29(24(31)15-2-6-18(30)7-3-15)13-20(19)16-4-8-21(26)22(27)10-16/h4-5,8-11,14-15,19-20H,2-3,6-7,12-13H2,1H3. The van der Waals surface area contributed by atoms with Crippen molar-refractivity contribution in [1.29, 1.82) is 0 Å². The summed E-state index contributed by atoms with van der Waals surface area (Å²) in [6.07, 6.45) is 3.61. The molecule has 1 saturated carbocycles. The maximum absolute atomic E-state index is 13.3. The second-order valence-corrected chi connectivity index (χ2v) is 9.89. The fraction of sp³-hybridized carbons (Fsp3) is 0.458. The Morgan fingerprint density at radius 2 is 1.84 bits per heavy atom. The minimum absolute atomic E-state index is 0.0406. The van der Waals surface area contributed by atoms with Crippen molar-refractivity contribution in [1.82, 2.24) is 9.88 Å². The van der Waals surface area contributed by atoms with Gasteiger partial charge in [-0.3, -0.25) is 9.59 Å². The molecule has 8 heteroatoms. The van der Waals surface area contributed by atoms with E-state index in [0.29, 0.717) is 59.7 Å². The van der Waals surface area contributed by atoms with Crippen molar-refractivity contribution in [3.63, 3.8) is 0 Å². The number of carbonyl (C=O) groups is 2. The summed E-state index contributed by atoms with van der Waals surface area (Å²) in [5, 5.41) is 1.54. The Morgan fingerprint density at radius 3 is 2.50 bits per heavy atom. The minimum atomic E-state index is -0.200. The van der Waals surface area contributed by atoms with Gasteiger partial charge in [0.15, 0.2) is 0 Å². The zero-order valence-corrected chi connectivity index (χ0v) is 20.0. The van der Waals surface area contributed by atoms with Crippen molar-refractivity contribution < 1.29 is 14.3 Å². The van der Waals surface area contributed by atoms with E-state index in [1.165, 1.54) is 0 Å². The smallest absolute Gasteiger partial charge is 0.225 e. The number of likely N-dealkylation sites (tertiary alicyclic amines) is 1. The summed E-state index contributed by atoms with van der Waals surface area (Å²) in [6.45, 7) is 3.15. The average Bonchev–Trinajstić information content (AvgIpc) is 3.23. The number of amides is 1. The quantitative estimate of drug-likeness (QED) is 0.525. The van der Waals surface area contributed by atoms with E-state index in [2.05, 4.69) is 4.98 Å². The third kappa shape index (κ3) is 5.22. The number of nitrogens with zero attached hydrogens (tertiary/aromatic N) is 2. The van der Waals surface area contributed by atoms with Gasteiger partial charge in [0.1, 0.15) is 11.9 Å². The molecule has 1 aliphatic carbocycles. The molecule has 2 aliphatic rings. The molecule has 0 N–H and O–H groups in total. The molecule has 0 spiro atoms. The molecule has 2 heterocycles. The zero-order valence-electron chi connectivity index (χ0n) is 17.8. The lowest BCUT2D eigenvalue weighted by Gasteiger charge is -2.26. The highest BCUT2D eigenvalue weighted by Crippen LogP contribution is 2.39. The second-order valence-electron chi connectivity index (χ2n) is 8.64. The molecule has 2 fully saturated rings. The van der Waals surface area contributed by atoms with E-state index >= 15 is 0 Å². The predicted octanol–water partition coefficient (Wildman–Crippen LogP) is 5.81. The van der Waals surface area contributed by atoms with E-state index in [1.807, 2.05) is 24.0 Å². The number of carbonyl (C=O) groups excluding carboxylic acids is 2. The van der Waals surface area contributed by atoms with Gasteiger partial charge in [-0.25, -0.2) is 4.98 Å². The molecule has 170 valence electrons. The van der Waals surface area contributed by atoms with Crippen LogP contribution in [0.3, 0.4) is 0 Å². The summed E-state index contributed by atoms with van der Waals surface area (Å²) in [5.74, 6) is 0.863. The van der Waals surface area contributed by atoms with Gasteiger partial charge < -0.3 is 9.64 Å². The molecular weight excluding hydrogens is 471 g/mol. The molecule has 1 aromatic carbocycles. The van der Waals surface area contributed by atoms with E-state index in [4.69, 9.17) is 39.5 Å². The Bertz CT molecular complexity index is 988. The van der Waals surface area contributed by atoms with Gasteiger partial charge in [-0.1, -0.05) is 40.9 Å². The normalized spacial score (nSPS) is 22.8. The number of hydrogen-bond donors (Lipinski definition) is 0. The van der Waals surface area contributed by atoms with E-state index in [1.54, 1.807) is 24.4 Å². The predicted molar refractivity (Wildman–Crippen MR) is 126 cm³/mol. The first kappa shape index (κ1) is 23.3. The van der Waals surface area contributed by atoms with Gasteiger partial charge in [-0.15, -0.1) is 0 Å². The van der Waals surface area contributed by atoms with Crippen molar-refractivity contribution in [2.24, 2.45) is 11.8 Å². The van der Waals surface area contributed by atoms with Crippen molar-refractivity contribution >= 4 is 46.5 Å². The average molecular weight is 496 g/mol. The summed E-state index contributed by atoms with van der Waals surface area (Å²) in [5.41, 5.74) is 1.03. The number of halogens is 3. The van der Waals surface area contributed by atoms with Crippen LogP contribution in [0.25, 0.3) is 0 Å². The number of aromatic nitrogens is 1. The van der Waals surface area contributed by atoms with Crippen LogP contribution < -0.4 is 4.74 Å². The number of Topliss-reactive ketones (excluding diaryl/α,β-unsaturated/α-hetero) is 1. The molecule has 3 unspecified atom stereocenters. The van der Waals surface area contributed by atoms with Crippen LogP contribution >= 0.6 is 34.8 Å². The molecule has 0 bridgehead atoms. The molecular formula is C24H25Cl3N2O3. The Morgan fingerprint density at radius 1 is 1.09 bits per heavy atom. The summed E-state index contributed by atoms with van der Waals surface area (Å²) in [4.78, 5) is 31.0. The van der Waals surface area contributed by atoms with Crippen molar-refractivity contribution in [2.75, 3.05) is 13.1 Å². The van der Waals surface area contributed by atoms with Crippen LogP contribution in [-0.2, 0) is 9.59 Å². The minimum Gasteiger partial charge on any atom is -0.474 e. The lowest BCUT2D eigenvalue weighted by Crippen LogP contribution is -2.37. The molecule has 1 saturated heterocycles. The third-order valence-electron chi connectivity index (χ3n) is 6.55. The Hall–Kier alpha value is -1.82. The van der Waals surface area contributed by atoms with Gasteiger partial charge in [0.25, 0.3) is 0 Å². The van der Waals surface area contributed by atoms with Gasteiger partial charge in [0.05, 0.1) is 15.1 Å². The van der Waals surface area contributed by atoms with Crippen LogP contribution in [0, 0.1) is 11.8 Å². The van der Waals surface area contributed by atoms with Gasteiger partial charge in [0.2, 0.25) is 11.8 Å². The lowest BCUT2D eigenvalue weighted by molar-refractivity contribution is -0.136. The molecule has 32 heavy (non-hydrogen) atoms. The Kier molecular flexibility index (Phi) is 7.28. The van der Waals surface area contributed by atoms with Gasteiger partial charge in [0, 0.05) is 55.9 Å². The van der Waals surface area contributed by atoms with Crippen molar-refractivity contribution in [2.45, 2.75) is 44.6 Å². The van der Waals surface area contributed by atoms with Crippen molar-refractivity contribution in [3.8, 4) is 5.88 Å². The van der Waals surface area contributed by atoms with Gasteiger partial charge in [-0.05, 0) is 43.5 Å². The first-order valence-electron chi connectivity index (χ1n) is 10.9. The summed E-state index contributed by atoms with van der Waals surface area (Å²) >= 11 is 18.4. The molecule has 4 rings (SSSR count). The van der Waals surface area contributed by atoms with E-state index in [9.17, 15) is 9.59 Å². The highest BCUT2D eigenvalue weighted by molar-refractivity contribution is 6.42. The molecule has 2 aromatic rings. The van der Waals surface area contributed by atoms with Crippen LogP contribution in [0.15, 0.2) is 36.5 Å². The molecule has 1 aromatic heterocycles. The summed E-state index contributed by atoms with van der Waals surface area (Å²) in [6, 6.07) is 9.11. The van der Waals surface area contributed by atoms with E-state index < -0.39 is 0 Å². The highest BCUT2D eigenvalue weighted by Gasteiger charge is 2.42. The SMILES string of the molecule is CC(Oc1ccc(Cl)cn1)C1CN(C(=O)C2CCC(=O)CC2)CC1c1ccc(Cl)c(Cl)c1. The van der Waals surface area contributed by atoms with Crippen LogP contribution in [0.4, 0.5) is 0 Å². The lowest BCUT2D eigenvalue weighted by atomic mass is 9.86. The van der Waals surface area contributed by atoms with Gasteiger partial charge >= 0.3 is 0 Å². The zero-order chi connectivity index (χ0) is 22.8. The molecule has 5 nitrogen and oxygen atoms in total. The topological polar surface area (TPSA) is 59.5 Å². The van der Waals surface area contributed by atoms with Crippen molar-refractivity contribution in [3.05, 3.63) is 57.2 Å². The number of ether oxygens (including phenoxy) is 1. The largest absolute Gasteiger partial charge is 0.474 e. The molecule has 1 aliphatic heterocycles. The highest BCUT2D eigenvalue weighted by atomic mass is 35.5. The first-order valence-corrected chi connectivity index (χ1v) is 12.0. The molecule has 3 atom stereocenters. The Labute approximate surface area is 203 Å². The number of hydrogen-bond acceptors (Lipinski definition) is 4. The monoisotopic (exact) mass is 494 g/mol. The molecule has 0 radical (unpaired) electrons. The number of benzene rings is 1. The fourth-order valence-corrected chi connectivity index (χ4v) is 5.15. The van der Waals surface area contributed by atoms with Crippen LogP contribution in [-0.4, -0.2) is 40.8 Å². The second kappa shape index (κ2) is 9.98. The van der Waals surface area contributed by atoms with E-state index in [-0.39, 0.29) is 35.5 Å². The maximum atomic E-state index is 13.3. The fourth-order valence-electron chi connectivity index (χ4n) is 4.73. The van der Waals surface area contributed by atoms with Crippen LogP contribution in [0.1, 0.15) is 44.1 Å². The number of pyridine rings is 1. The maximum Gasteiger partial charge on any atom is 0.225 e. The van der Waals surface area contributed by atoms with Gasteiger partial charge in [-0.2, -0.15) is 0 Å². The molecule has 1 amide bonds. The summed E-state index contributed by atoms with van der Waals surface area (Å²) in [7, 11) is 0. The number of ketones is 1. The summed E-state index contributed by atoms with van der Waals surface area (Å²) < 4.78 is 6.14. The number of rotatable bonds is 5. The van der Waals surface area contributed by atoms with Crippen LogP contribution in [0.5, 0.6) is 5.88 Å². The Balaban J connectivity index is 1.55.